The Morgan fingerprint density at radius 1 is 1.20 bits per heavy atom. The van der Waals surface area contributed by atoms with E-state index in [1.165, 1.54) is 0 Å². The maximum Gasteiger partial charge on any atom is 0.312 e. The SMILES string of the molecule is CCOc1ccc(NC(=O)CCCCNC(N)=O)cc1. The summed E-state index contributed by atoms with van der Waals surface area (Å²) in [5.74, 6) is 0.733. The lowest BCUT2D eigenvalue weighted by molar-refractivity contribution is -0.116. The number of rotatable bonds is 8. The standard InChI is InChI=1S/C14H21N3O3/c1-2-20-12-8-6-11(7-9-12)17-13(18)5-3-4-10-16-14(15)19/h6-9H,2-5,10H2,1H3,(H,17,18)(H3,15,16,19). The summed E-state index contributed by atoms with van der Waals surface area (Å²) >= 11 is 0. The largest absolute Gasteiger partial charge is 0.494 e. The molecule has 0 aromatic heterocycles. The van der Waals surface area contributed by atoms with Crippen molar-refractivity contribution >= 4 is 17.6 Å². The van der Waals surface area contributed by atoms with E-state index in [1.54, 1.807) is 12.1 Å². The molecule has 3 amide bonds. The number of amides is 3. The number of hydrogen-bond donors (Lipinski definition) is 3. The predicted octanol–water partition coefficient (Wildman–Crippen LogP) is 1.86. The maximum absolute atomic E-state index is 11.7. The number of carbonyl (C=O) groups excluding carboxylic acids is 2. The second-order valence-electron chi connectivity index (χ2n) is 4.25. The molecule has 0 radical (unpaired) electrons. The van der Waals surface area contributed by atoms with Crippen molar-refractivity contribution in [1.82, 2.24) is 5.32 Å². The smallest absolute Gasteiger partial charge is 0.312 e. The Hall–Kier alpha value is -2.24. The first kappa shape index (κ1) is 15.8. The summed E-state index contributed by atoms with van der Waals surface area (Å²) in [5, 5.41) is 5.28. The van der Waals surface area contributed by atoms with Gasteiger partial charge in [-0.3, -0.25) is 4.79 Å². The van der Waals surface area contributed by atoms with E-state index in [-0.39, 0.29) is 5.91 Å². The zero-order chi connectivity index (χ0) is 14.8. The molecule has 0 atom stereocenters. The molecule has 6 heteroatoms. The van der Waals surface area contributed by atoms with Crippen molar-refractivity contribution in [2.75, 3.05) is 18.5 Å². The van der Waals surface area contributed by atoms with Gasteiger partial charge in [0.1, 0.15) is 5.75 Å². The number of ether oxygens (including phenoxy) is 1. The van der Waals surface area contributed by atoms with Gasteiger partial charge in [0.2, 0.25) is 5.91 Å². The van der Waals surface area contributed by atoms with E-state index in [2.05, 4.69) is 10.6 Å². The molecule has 1 rings (SSSR count). The van der Waals surface area contributed by atoms with Crippen LogP contribution >= 0.6 is 0 Å². The number of anilines is 1. The molecule has 0 saturated carbocycles. The summed E-state index contributed by atoms with van der Waals surface area (Å²) in [6, 6.07) is 6.70. The van der Waals surface area contributed by atoms with Gasteiger partial charge in [0, 0.05) is 18.7 Å². The lowest BCUT2D eigenvalue weighted by Crippen LogP contribution is -2.30. The Morgan fingerprint density at radius 2 is 1.90 bits per heavy atom. The molecular weight excluding hydrogens is 258 g/mol. The summed E-state index contributed by atoms with van der Waals surface area (Å²) < 4.78 is 5.32. The van der Waals surface area contributed by atoms with Gasteiger partial charge in [0.15, 0.2) is 0 Å². The quantitative estimate of drug-likeness (QED) is 0.634. The van der Waals surface area contributed by atoms with E-state index < -0.39 is 6.03 Å². The summed E-state index contributed by atoms with van der Waals surface area (Å²) in [7, 11) is 0. The van der Waals surface area contributed by atoms with E-state index in [0.29, 0.717) is 26.0 Å². The minimum atomic E-state index is -0.538. The molecule has 20 heavy (non-hydrogen) atoms. The fourth-order valence-electron chi connectivity index (χ4n) is 1.65. The van der Waals surface area contributed by atoms with Crippen LogP contribution in [0.3, 0.4) is 0 Å². The Balaban J connectivity index is 2.22. The Bertz CT molecular complexity index is 432. The third kappa shape index (κ3) is 6.63. The number of carbonyl (C=O) groups is 2. The van der Waals surface area contributed by atoms with Crippen LogP contribution in [0.5, 0.6) is 5.75 Å². The molecule has 0 bridgehead atoms. The van der Waals surface area contributed by atoms with Crippen LogP contribution in [0, 0.1) is 0 Å². The molecule has 6 nitrogen and oxygen atoms in total. The first-order chi connectivity index (χ1) is 9.61. The van der Waals surface area contributed by atoms with Gasteiger partial charge < -0.3 is 21.1 Å². The van der Waals surface area contributed by atoms with Crippen molar-refractivity contribution in [2.24, 2.45) is 5.73 Å². The van der Waals surface area contributed by atoms with Crippen molar-refractivity contribution in [3.05, 3.63) is 24.3 Å². The molecule has 0 heterocycles. The molecule has 1 aromatic rings. The highest BCUT2D eigenvalue weighted by molar-refractivity contribution is 5.90. The van der Waals surface area contributed by atoms with Crippen LogP contribution in [0.25, 0.3) is 0 Å². The number of hydrogen-bond acceptors (Lipinski definition) is 3. The van der Waals surface area contributed by atoms with Crippen molar-refractivity contribution in [3.63, 3.8) is 0 Å². The van der Waals surface area contributed by atoms with Gasteiger partial charge in [-0.1, -0.05) is 0 Å². The first-order valence-electron chi connectivity index (χ1n) is 6.68. The first-order valence-corrected chi connectivity index (χ1v) is 6.68. The summed E-state index contributed by atoms with van der Waals surface area (Å²) in [6.07, 6.45) is 1.83. The molecule has 0 aliphatic heterocycles. The highest BCUT2D eigenvalue weighted by atomic mass is 16.5. The highest BCUT2D eigenvalue weighted by Crippen LogP contribution is 2.15. The molecular formula is C14H21N3O3. The van der Waals surface area contributed by atoms with E-state index >= 15 is 0 Å². The number of primary amides is 1. The minimum absolute atomic E-state index is 0.0479. The van der Waals surface area contributed by atoms with Gasteiger partial charge in [-0.25, -0.2) is 4.79 Å². The molecule has 110 valence electrons. The lowest BCUT2D eigenvalue weighted by Gasteiger charge is -2.07. The molecule has 0 spiro atoms. The summed E-state index contributed by atoms with van der Waals surface area (Å²) in [4.78, 5) is 22.1. The van der Waals surface area contributed by atoms with Gasteiger partial charge in [-0.15, -0.1) is 0 Å². The number of unbranched alkanes of at least 4 members (excludes halogenated alkanes) is 1. The Labute approximate surface area is 118 Å². The molecule has 0 unspecified atom stereocenters. The number of nitrogens with one attached hydrogen (secondary N) is 2. The topological polar surface area (TPSA) is 93.4 Å². The van der Waals surface area contributed by atoms with Gasteiger partial charge >= 0.3 is 6.03 Å². The predicted molar refractivity (Wildman–Crippen MR) is 77.7 cm³/mol. The lowest BCUT2D eigenvalue weighted by atomic mass is 10.2. The van der Waals surface area contributed by atoms with Crippen LogP contribution in [0.1, 0.15) is 26.2 Å². The van der Waals surface area contributed by atoms with E-state index in [0.717, 1.165) is 17.9 Å². The Morgan fingerprint density at radius 3 is 2.50 bits per heavy atom. The molecule has 4 N–H and O–H groups in total. The fraction of sp³-hybridized carbons (Fsp3) is 0.429. The molecule has 1 aromatic carbocycles. The van der Waals surface area contributed by atoms with Crippen molar-refractivity contribution in [3.8, 4) is 5.75 Å². The maximum atomic E-state index is 11.7. The second-order valence-corrected chi connectivity index (χ2v) is 4.25. The van der Waals surface area contributed by atoms with Crippen LogP contribution in [0.2, 0.25) is 0 Å². The Kier molecular flexibility index (Phi) is 6.95. The number of benzene rings is 1. The number of urea groups is 1. The van der Waals surface area contributed by atoms with E-state index in [9.17, 15) is 9.59 Å². The minimum Gasteiger partial charge on any atom is -0.494 e. The zero-order valence-electron chi connectivity index (χ0n) is 11.6. The monoisotopic (exact) mass is 279 g/mol. The van der Waals surface area contributed by atoms with Crippen molar-refractivity contribution < 1.29 is 14.3 Å². The summed E-state index contributed by atoms with van der Waals surface area (Å²) in [6.45, 7) is 3.03. The van der Waals surface area contributed by atoms with Gasteiger partial charge in [0.25, 0.3) is 0 Å². The van der Waals surface area contributed by atoms with Gasteiger partial charge in [-0.2, -0.15) is 0 Å². The number of nitrogens with two attached hydrogens (primary N) is 1. The second kappa shape index (κ2) is 8.79. The van der Waals surface area contributed by atoms with Gasteiger partial charge in [-0.05, 0) is 44.0 Å². The van der Waals surface area contributed by atoms with E-state index in [4.69, 9.17) is 10.5 Å². The van der Waals surface area contributed by atoms with Crippen LogP contribution in [-0.2, 0) is 4.79 Å². The van der Waals surface area contributed by atoms with Crippen molar-refractivity contribution in [2.45, 2.75) is 26.2 Å². The molecule has 0 aliphatic carbocycles. The van der Waals surface area contributed by atoms with Crippen molar-refractivity contribution in [1.29, 1.82) is 0 Å². The van der Waals surface area contributed by atoms with Crippen LogP contribution < -0.4 is 21.1 Å². The molecule has 0 aliphatic rings. The zero-order valence-corrected chi connectivity index (χ0v) is 11.6. The highest BCUT2D eigenvalue weighted by Gasteiger charge is 2.02. The molecule has 0 fully saturated rings. The third-order valence-electron chi connectivity index (χ3n) is 2.58. The normalized spacial score (nSPS) is 9.85. The average Bonchev–Trinajstić information content (AvgIpc) is 2.40. The summed E-state index contributed by atoms with van der Waals surface area (Å²) in [5.41, 5.74) is 5.67. The third-order valence-corrected chi connectivity index (χ3v) is 2.58. The van der Waals surface area contributed by atoms with Crippen LogP contribution in [0.15, 0.2) is 24.3 Å². The van der Waals surface area contributed by atoms with Crippen LogP contribution in [0.4, 0.5) is 10.5 Å². The van der Waals surface area contributed by atoms with Gasteiger partial charge in [0.05, 0.1) is 6.61 Å². The van der Waals surface area contributed by atoms with Crippen LogP contribution in [-0.4, -0.2) is 25.1 Å². The molecule has 0 saturated heterocycles. The fourth-order valence-corrected chi connectivity index (χ4v) is 1.65. The average molecular weight is 279 g/mol. The van der Waals surface area contributed by atoms with E-state index in [1.807, 2.05) is 19.1 Å².